The van der Waals surface area contributed by atoms with E-state index in [0.717, 1.165) is 0 Å². The molecule has 0 aromatic heterocycles. The highest BCUT2D eigenvalue weighted by Crippen LogP contribution is 2.14. The fourth-order valence-corrected chi connectivity index (χ4v) is 4.32. The van der Waals surface area contributed by atoms with Gasteiger partial charge in [-0.25, -0.2) is 4.79 Å². The average molecular weight is 401 g/mol. The number of esters is 1. The first kappa shape index (κ1) is 26.6. The van der Waals surface area contributed by atoms with E-state index in [4.69, 9.17) is 35.7 Å². The van der Waals surface area contributed by atoms with Crippen LogP contribution in [-0.4, -0.2) is 80.2 Å². The summed E-state index contributed by atoms with van der Waals surface area (Å²) in [6, 6.07) is 0.611. The van der Waals surface area contributed by atoms with Crippen LogP contribution in [0.25, 0.3) is 0 Å². The Balaban J connectivity index is 0. The molecule has 0 aromatic carbocycles. The van der Waals surface area contributed by atoms with Gasteiger partial charge in [0.05, 0.1) is 6.61 Å². The zero-order chi connectivity index (χ0) is 19.9. The standard InChI is InChI=1S/C10H20O5Si.C4H12O4Si/c1-9(2)10(11)15-7-6-8-16(12-3,13-4)14-5;1-5-9(6-2,7-3)8-4/h1,6-8H2,2-5H3;1-4H3. The maximum absolute atomic E-state index is 11.1. The van der Waals surface area contributed by atoms with Gasteiger partial charge in [0.15, 0.2) is 0 Å². The molecule has 0 radical (unpaired) electrons. The first-order valence-corrected chi connectivity index (χ1v) is 11.0. The van der Waals surface area contributed by atoms with Gasteiger partial charge in [0, 0.05) is 61.4 Å². The maximum Gasteiger partial charge on any atom is 0.678 e. The minimum absolute atomic E-state index is 0.316. The molecule has 0 atom stereocenters. The van der Waals surface area contributed by atoms with E-state index in [1.54, 1.807) is 28.3 Å². The van der Waals surface area contributed by atoms with E-state index in [1.165, 1.54) is 28.4 Å². The van der Waals surface area contributed by atoms with Gasteiger partial charge in [-0.15, -0.1) is 0 Å². The van der Waals surface area contributed by atoms with Gasteiger partial charge in [-0.3, -0.25) is 0 Å². The predicted octanol–water partition coefficient (Wildman–Crippen LogP) is 1.38. The van der Waals surface area contributed by atoms with Gasteiger partial charge in [0.25, 0.3) is 0 Å². The number of carbonyl (C=O) groups excluding carboxylic acids is 1. The van der Waals surface area contributed by atoms with Crippen molar-refractivity contribution in [1.82, 2.24) is 0 Å². The van der Waals surface area contributed by atoms with Crippen molar-refractivity contribution in [1.29, 1.82) is 0 Å². The van der Waals surface area contributed by atoms with Gasteiger partial charge in [0.2, 0.25) is 0 Å². The van der Waals surface area contributed by atoms with Crippen LogP contribution in [0.2, 0.25) is 6.04 Å². The molecule has 0 N–H and O–H groups in total. The zero-order valence-electron chi connectivity index (χ0n) is 16.5. The Kier molecular flexibility index (Phi) is 15.4. The highest BCUT2D eigenvalue weighted by molar-refractivity contribution is 6.60. The molecule has 0 saturated heterocycles. The molecule has 0 rings (SSSR count). The van der Waals surface area contributed by atoms with Crippen LogP contribution in [0.1, 0.15) is 13.3 Å². The summed E-state index contributed by atoms with van der Waals surface area (Å²) in [5.41, 5.74) is 0.397. The second-order valence-corrected chi connectivity index (χ2v) is 10.4. The van der Waals surface area contributed by atoms with Crippen LogP contribution in [0.4, 0.5) is 0 Å². The molecule has 0 spiro atoms. The molecular weight excluding hydrogens is 368 g/mol. The topological polar surface area (TPSA) is 90.9 Å². The summed E-state index contributed by atoms with van der Waals surface area (Å²) in [6.07, 6.45) is 0.640. The summed E-state index contributed by atoms with van der Waals surface area (Å²) in [5, 5.41) is 0. The molecule has 11 heteroatoms. The Hall–Kier alpha value is -0.636. The molecule has 0 saturated carbocycles. The van der Waals surface area contributed by atoms with Crippen molar-refractivity contribution in [2.24, 2.45) is 0 Å². The van der Waals surface area contributed by atoms with E-state index >= 15 is 0 Å². The number of hydrogen-bond acceptors (Lipinski definition) is 9. The van der Waals surface area contributed by atoms with Crippen LogP contribution in [0.15, 0.2) is 12.2 Å². The summed E-state index contributed by atoms with van der Waals surface area (Å²) >= 11 is 0. The smallest absolute Gasteiger partial charge is 0.462 e. The van der Waals surface area contributed by atoms with Crippen LogP contribution in [0, 0.1) is 0 Å². The average Bonchev–Trinajstić information content (AvgIpc) is 2.65. The van der Waals surface area contributed by atoms with Crippen molar-refractivity contribution >= 4 is 23.8 Å². The summed E-state index contributed by atoms with van der Waals surface area (Å²) in [7, 11) is 5.40. The minimum atomic E-state index is -2.69. The van der Waals surface area contributed by atoms with E-state index in [1.807, 2.05) is 0 Å². The van der Waals surface area contributed by atoms with Crippen molar-refractivity contribution in [2.45, 2.75) is 19.4 Å². The van der Waals surface area contributed by atoms with Gasteiger partial charge in [-0.1, -0.05) is 6.58 Å². The Morgan fingerprint density at radius 2 is 1.20 bits per heavy atom. The molecule has 0 aliphatic rings. The molecule has 0 heterocycles. The monoisotopic (exact) mass is 400 g/mol. The first-order chi connectivity index (χ1) is 11.8. The molecule has 0 aliphatic carbocycles. The highest BCUT2D eigenvalue weighted by Gasteiger charge is 2.40. The Morgan fingerprint density at radius 1 is 0.800 bits per heavy atom. The Labute approximate surface area is 152 Å². The Bertz CT molecular complexity index is 346. The van der Waals surface area contributed by atoms with Gasteiger partial charge in [0.1, 0.15) is 0 Å². The van der Waals surface area contributed by atoms with Gasteiger partial charge in [-0.05, 0) is 13.3 Å². The number of carbonyl (C=O) groups is 1. The second kappa shape index (κ2) is 14.5. The van der Waals surface area contributed by atoms with Crippen molar-refractivity contribution in [3.63, 3.8) is 0 Å². The summed E-state index contributed by atoms with van der Waals surface area (Å²) in [4.78, 5) is 11.1. The van der Waals surface area contributed by atoms with Crippen LogP contribution in [-0.2, 0) is 40.5 Å². The minimum Gasteiger partial charge on any atom is -0.462 e. The quantitative estimate of drug-likeness (QED) is 0.208. The van der Waals surface area contributed by atoms with Gasteiger partial charge >= 0.3 is 23.8 Å². The van der Waals surface area contributed by atoms with E-state index in [9.17, 15) is 4.79 Å². The summed E-state index contributed by atoms with van der Waals surface area (Å²) in [6.45, 7) is 5.42. The first-order valence-electron chi connectivity index (χ1n) is 7.44. The lowest BCUT2D eigenvalue weighted by molar-refractivity contribution is -0.139. The third kappa shape index (κ3) is 10.2. The molecular formula is C14H32O9Si2. The normalized spacial score (nSPS) is 11.5. The highest BCUT2D eigenvalue weighted by atomic mass is 28.4. The van der Waals surface area contributed by atoms with Crippen molar-refractivity contribution < 1.29 is 40.5 Å². The third-order valence-corrected chi connectivity index (χ3v) is 7.97. The summed E-state index contributed by atoms with van der Waals surface area (Å²) < 4.78 is 40.1. The lowest BCUT2D eigenvalue weighted by Crippen LogP contribution is -2.45. The number of rotatable bonds is 12. The molecule has 25 heavy (non-hydrogen) atoms. The summed E-state index contributed by atoms with van der Waals surface area (Å²) in [5.74, 6) is -0.375. The predicted molar refractivity (Wildman–Crippen MR) is 95.8 cm³/mol. The maximum atomic E-state index is 11.1. The fourth-order valence-electron chi connectivity index (χ4n) is 1.63. The zero-order valence-corrected chi connectivity index (χ0v) is 18.5. The largest absolute Gasteiger partial charge is 0.678 e. The molecule has 0 fully saturated rings. The second-order valence-electron chi connectivity index (χ2n) is 4.63. The van der Waals surface area contributed by atoms with Crippen molar-refractivity contribution in [3.05, 3.63) is 12.2 Å². The van der Waals surface area contributed by atoms with E-state index < -0.39 is 17.9 Å². The molecule has 0 unspecified atom stereocenters. The third-order valence-electron chi connectivity index (χ3n) is 3.14. The van der Waals surface area contributed by atoms with E-state index in [-0.39, 0.29) is 5.97 Å². The SMILES string of the molecule is C=C(C)C(=O)OCCC[Si](OC)(OC)OC.CO[Si](OC)(OC)OC. The van der Waals surface area contributed by atoms with E-state index in [2.05, 4.69) is 6.58 Å². The van der Waals surface area contributed by atoms with Crippen LogP contribution in [0.3, 0.4) is 0 Å². The van der Waals surface area contributed by atoms with Gasteiger partial charge in [-0.2, -0.15) is 0 Å². The van der Waals surface area contributed by atoms with Crippen LogP contribution >= 0.6 is 0 Å². The van der Waals surface area contributed by atoms with Crippen LogP contribution in [0.5, 0.6) is 0 Å². The van der Waals surface area contributed by atoms with E-state index in [0.29, 0.717) is 24.6 Å². The molecule has 0 aromatic rings. The van der Waals surface area contributed by atoms with Gasteiger partial charge < -0.3 is 35.7 Å². The fraction of sp³-hybridized carbons (Fsp3) is 0.786. The van der Waals surface area contributed by atoms with Crippen LogP contribution < -0.4 is 0 Å². The number of ether oxygens (including phenoxy) is 1. The van der Waals surface area contributed by atoms with Crippen molar-refractivity contribution in [2.75, 3.05) is 56.4 Å². The molecule has 150 valence electrons. The molecule has 9 nitrogen and oxygen atoms in total. The lowest BCUT2D eigenvalue weighted by Gasteiger charge is -2.24. The molecule has 0 aliphatic heterocycles. The molecule has 0 amide bonds. The molecule has 0 bridgehead atoms. The van der Waals surface area contributed by atoms with Crippen molar-refractivity contribution in [3.8, 4) is 0 Å². The lowest BCUT2D eigenvalue weighted by atomic mass is 10.4. The number of hydrogen-bond donors (Lipinski definition) is 0. The Morgan fingerprint density at radius 3 is 1.44 bits per heavy atom.